The van der Waals surface area contributed by atoms with Crippen LogP contribution in [0.4, 0.5) is 22.7 Å². The Labute approximate surface area is 436 Å². The fraction of sp³-hybridized carbons (Fsp3) is 0.262. The molecule has 10 rings (SSSR count). The maximum atomic E-state index is 6.93. The predicted octanol–water partition coefficient (Wildman–Crippen LogP) is 18.3. The van der Waals surface area contributed by atoms with Crippen LogP contribution in [0.5, 0.6) is 11.5 Å². The number of aromatic nitrogens is 2. The van der Waals surface area contributed by atoms with Crippen LogP contribution in [0.15, 0.2) is 152 Å². The van der Waals surface area contributed by atoms with Gasteiger partial charge in [-0.3, -0.25) is 0 Å². The summed E-state index contributed by atoms with van der Waals surface area (Å²) in [4.78, 5) is 9.53. The molecule has 0 unspecified atom stereocenters. The van der Waals surface area contributed by atoms with Gasteiger partial charge in [0, 0.05) is 61.3 Å². The molecular formula is C65H65N4OPt-3. The summed E-state index contributed by atoms with van der Waals surface area (Å²) in [5, 5.41) is 2.23. The monoisotopic (exact) mass is 1110 g/mol. The van der Waals surface area contributed by atoms with E-state index in [0.29, 0.717) is 29.3 Å². The van der Waals surface area contributed by atoms with E-state index in [1.165, 1.54) is 38.9 Å². The molecule has 1 aliphatic heterocycles. The van der Waals surface area contributed by atoms with Crippen molar-refractivity contribution >= 4 is 44.6 Å². The van der Waals surface area contributed by atoms with Gasteiger partial charge in [0.2, 0.25) is 0 Å². The molecule has 0 N–H and O–H groups in total. The number of rotatable bonds is 10. The molecule has 71 heavy (non-hydrogen) atoms. The normalized spacial score (nSPS) is 12.9. The first-order valence-corrected chi connectivity index (χ1v) is 25.0. The van der Waals surface area contributed by atoms with E-state index in [1.54, 1.807) is 0 Å². The van der Waals surface area contributed by atoms with E-state index in [4.69, 9.17) is 9.72 Å². The fourth-order valence-electron chi connectivity index (χ4n) is 9.93. The van der Waals surface area contributed by atoms with E-state index < -0.39 is 0 Å². The van der Waals surface area contributed by atoms with Crippen molar-refractivity contribution in [2.75, 3.05) is 9.80 Å². The number of para-hydroxylation sites is 1. The first-order valence-electron chi connectivity index (χ1n) is 25.0. The third-order valence-corrected chi connectivity index (χ3v) is 14.0. The summed E-state index contributed by atoms with van der Waals surface area (Å²) in [7, 11) is 0. The van der Waals surface area contributed by atoms with Crippen LogP contribution in [-0.4, -0.2) is 9.55 Å². The molecule has 9 aromatic rings. The van der Waals surface area contributed by atoms with Gasteiger partial charge < -0.3 is 19.1 Å². The molecule has 364 valence electrons. The second-order valence-corrected chi connectivity index (χ2v) is 22.1. The molecule has 7 aromatic carbocycles. The molecule has 6 heteroatoms. The molecule has 0 aliphatic carbocycles. The van der Waals surface area contributed by atoms with Crippen LogP contribution in [0.1, 0.15) is 129 Å². The first-order chi connectivity index (χ1) is 33.4. The number of fused-ring (bicyclic) bond motifs is 4. The van der Waals surface area contributed by atoms with Crippen LogP contribution in [0.25, 0.3) is 49.9 Å². The Morgan fingerprint density at radius 2 is 1.21 bits per heavy atom. The first kappa shape index (κ1) is 49.6. The average Bonchev–Trinajstić information content (AvgIpc) is 3.89. The van der Waals surface area contributed by atoms with Gasteiger partial charge in [-0.15, -0.1) is 53.6 Å². The predicted molar refractivity (Wildman–Crippen MR) is 295 cm³/mol. The van der Waals surface area contributed by atoms with Crippen molar-refractivity contribution < 1.29 is 25.8 Å². The van der Waals surface area contributed by atoms with E-state index in [0.717, 1.165) is 61.5 Å². The Hall–Kier alpha value is -6.42. The number of anilines is 4. The van der Waals surface area contributed by atoms with Crippen molar-refractivity contribution in [1.82, 2.24) is 9.55 Å². The summed E-state index contributed by atoms with van der Waals surface area (Å²) in [5.41, 5.74) is 17.4. The Kier molecular flexibility index (Phi) is 13.5. The Bertz CT molecular complexity index is 3380. The molecule has 0 spiro atoms. The average molecular weight is 1110 g/mol. The van der Waals surface area contributed by atoms with Crippen molar-refractivity contribution in [3.63, 3.8) is 0 Å². The maximum Gasteiger partial charge on any atom is 0.135 e. The molecule has 5 nitrogen and oxygen atoms in total. The van der Waals surface area contributed by atoms with Crippen molar-refractivity contribution in [2.45, 2.75) is 112 Å². The molecule has 0 fully saturated rings. The van der Waals surface area contributed by atoms with Gasteiger partial charge in [-0.1, -0.05) is 167 Å². The minimum Gasteiger partial charge on any atom is -0.509 e. The van der Waals surface area contributed by atoms with E-state index in [9.17, 15) is 0 Å². The summed E-state index contributed by atoms with van der Waals surface area (Å²) in [6.45, 7) is 29.7. The van der Waals surface area contributed by atoms with Gasteiger partial charge in [0.05, 0.1) is 0 Å². The zero-order valence-electron chi connectivity index (χ0n) is 43.3. The summed E-state index contributed by atoms with van der Waals surface area (Å²) < 4.78 is 9.14. The second kappa shape index (κ2) is 19.3. The van der Waals surface area contributed by atoms with Gasteiger partial charge in [-0.05, 0) is 121 Å². The van der Waals surface area contributed by atoms with Gasteiger partial charge in [0.1, 0.15) is 5.82 Å². The molecular weight excluding hydrogens is 1050 g/mol. The minimum atomic E-state index is -0.0540. The summed E-state index contributed by atoms with van der Waals surface area (Å²) >= 11 is 0. The minimum absolute atomic E-state index is 0. The number of benzene rings is 7. The molecule has 2 aromatic heterocycles. The molecule has 3 heterocycles. The van der Waals surface area contributed by atoms with Gasteiger partial charge in [-0.2, -0.15) is 6.07 Å². The molecule has 1 aliphatic rings. The smallest absolute Gasteiger partial charge is 0.135 e. The molecule has 0 saturated heterocycles. The van der Waals surface area contributed by atoms with E-state index in [-0.39, 0.29) is 31.9 Å². The van der Waals surface area contributed by atoms with Gasteiger partial charge in [0.15, 0.2) is 0 Å². The van der Waals surface area contributed by atoms with Crippen LogP contribution < -0.4 is 14.5 Å². The zero-order chi connectivity index (χ0) is 49.2. The molecule has 0 radical (unpaired) electrons. The largest absolute Gasteiger partial charge is 0.509 e. The van der Waals surface area contributed by atoms with Crippen molar-refractivity contribution in [1.29, 1.82) is 0 Å². The number of nitrogens with zero attached hydrogens (tertiary/aromatic N) is 4. The molecule has 0 amide bonds. The zero-order valence-corrected chi connectivity index (χ0v) is 45.5. The summed E-state index contributed by atoms with van der Waals surface area (Å²) in [6.07, 6.45) is 1.91. The number of pyridine rings is 1. The molecule has 0 atom stereocenters. The Morgan fingerprint density at radius 1 is 0.535 bits per heavy atom. The number of hydrogen-bond donors (Lipinski definition) is 0. The summed E-state index contributed by atoms with van der Waals surface area (Å²) in [6, 6.07) is 60.2. The van der Waals surface area contributed by atoms with Gasteiger partial charge in [0.25, 0.3) is 0 Å². The van der Waals surface area contributed by atoms with Crippen LogP contribution in [-0.2, 0) is 31.9 Å². The van der Waals surface area contributed by atoms with Gasteiger partial charge >= 0.3 is 0 Å². The van der Waals surface area contributed by atoms with Crippen LogP contribution in [0, 0.1) is 18.8 Å². The second-order valence-electron chi connectivity index (χ2n) is 22.1. The van der Waals surface area contributed by atoms with E-state index in [2.05, 4.69) is 256 Å². The van der Waals surface area contributed by atoms with Crippen molar-refractivity contribution in [3.8, 4) is 39.6 Å². The van der Waals surface area contributed by atoms with Crippen LogP contribution >= 0.6 is 0 Å². The van der Waals surface area contributed by atoms with Crippen LogP contribution in [0.3, 0.4) is 0 Å². The third-order valence-electron chi connectivity index (χ3n) is 14.0. The SMILES string of the molecule is CC(C)c1cc(C(C)C)c(-c2cccc(N3[CH-]N(c4[c-]c(Oc5[c-]c6c(cc5)c5ccccc5n6-c5cc(C(C)(C)C)ccn5)cc(-c5ccccc5)c4)c4ccc(C(C)(C)C)cc43)c2)c(C(C)C)c1.[Pt]. The Morgan fingerprint density at radius 3 is 1.90 bits per heavy atom. The third kappa shape index (κ3) is 9.59. The maximum absolute atomic E-state index is 6.93. The van der Waals surface area contributed by atoms with E-state index >= 15 is 0 Å². The quantitative estimate of drug-likeness (QED) is 0.128. The molecule has 0 saturated carbocycles. The molecule has 0 bridgehead atoms. The topological polar surface area (TPSA) is 33.5 Å². The standard InChI is InChI=1S/C65H65N4O.Pt/c1-41(2)46-34-56(42(3)4)63(57(35-46)43(5)6)45-21-18-22-50(31-45)67-40-68(59-28-25-48(36-61(59)67)64(7,8)9)51-32-47(44-19-14-13-15-20-44)33-53(38-51)70-52-26-27-55-54-23-16-17-24-58(54)69(60(55)39-52)62-37-49(29-30-66-62)65(10,11)12;/h13-37,40-43H,1-12H3;/q-3;. The van der Waals surface area contributed by atoms with Gasteiger partial charge in [-0.25, -0.2) is 4.98 Å². The fourth-order valence-corrected chi connectivity index (χ4v) is 9.93. The van der Waals surface area contributed by atoms with Crippen molar-refractivity contribution in [2.24, 2.45) is 0 Å². The van der Waals surface area contributed by atoms with Crippen LogP contribution in [0.2, 0.25) is 0 Å². The van der Waals surface area contributed by atoms with Crippen molar-refractivity contribution in [3.05, 3.63) is 198 Å². The Balaban J connectivity index is 0.00000624. The number of ether oxygens (including phenoxy) is 1. The number of hydrogen-bond acceptors (Lipinski definition) is 4. The van der Waals surface area contributed by atoms with E-state index in [1.807, 2.05) is 12.3 Å². The summed E-state index contributed by atoms with van der Waals surface area (Å²) in [5.74, 6) is 3.23.